The van der Waals surface area contributed by atoms with E-state index in [-0.39, 0.29) is 32.0 Å². The van der Waals surface area contributed by atoms with Crippen molar-refractivity contribution >= 4 is 76.5 Å². The molecule has 0 bridgehead atoms. The van der Waals surface area contributed by atoms with Crippen molar-refractivity contribution in [1.82, 2.24) is 14.1 Å². The van der Waals surface area contributed by atoms with E-state index in [0.717, 1.165) is 65.5 Å². The van der Waals surface area contributed by atoms with Crippen LogP contribution in [0.5, 0.6) is 11.5 Å². The molecule has 0 aliphatic carbocycles. The van der Waals surface area contributed by atoms with Gasteiger partial charge in [0.1, 0.15) is 5.82 Å². The van der Waals surface area contributed by atoms with Gasteiger partial charge in [-0.25, -0.2) is 4.98 Å². The van der Waals surface area contributed by atoms with Crippen LogP contribution >= 0.6 is 0 Å². The van der Waals surface area contributed by atoms with Crippen LogP contribution in [0, 0.1) is 24.7 Å². The van der Waals surface area contributed by atoms with Gasteiger partial charge in [-0.05, 0) is 136 Å². The van der Waals surface area contributed by atoms with Crippen molar-refractivity contribution in [3.05, 3.63) is 211 Å². The summed E-state index contributed by atoms with van der Waals surface area (Å²) in [6.07, 6.45) is -0.0681. The second kappa shape index (κ2) is 19.0. The van der Waals surface area contributed by atoms with Crippen molar-refractivity contribution in [2.45, 2.75) is 98.6 Å². The van der Waals surface area contributed by atoms with Crippen LogP contribution in [-0.4, -0.2) is 14.1 Å². The summed E-state index contributed by atoms with van der Waals surface area (Å²) < 4.78 is 111. The Balaban J connectivity index is 0.00000784. The van der Waals surface area contributed by atoms with Crippen LogP contribution in [-0.2, 0) is 43.7 Å². The Hall–Kier alpha value is -7.33. The minimum Gasteiger partial charge on any atom is -0.509 e. The number of ether oxygens (including phenoxy) is 1. The predicted octanol–water partition coefficient (Wildman–Crippen LogP) is 19.0. The van der Waals surface area contributed by atoms with E-state index in [9.17, 15) is 2.74 Å². The second-order valence-electron chi connectivity index (χ2n) is 22.2. The van der Waals surface area contributed by atoms with Crippen molar-refractivity contribution < 1.29 is 40.9 Å². The fourth-order valence-corrected chi connectivity index (χ4v) is 10.8. The number of para-hydroxylation sites is 2. The number of aromatic nitrogens is 3. The summed E-state index contributed by atoms with van der Waals surface area (Å²) in [4.78, 5) is 6.81. The van der Waals surface area contributed by atoms with Crippen LogP contribution in [0.4, 0.5) is 11.4 Å². The van der Waals surface area contributed by atoms with Gasteiger partial charge in [0.25, 0.3) is 0 Å². The van der Waals surface area contributed by atoms with Crippen molar-refractivity contribution in [3.8, 4) is 28.4 Å². The maximum atomic E-state index is 9.93. The molecule has 8 aromatic carbocycles. The molecule has 4 heterocycles. The average Bonchev–Trinajstić information content (AvgIpc) is 1.58. The van der Waals surface area contributed by atoms with Gasteiger partial charge in [-0.1, -0.05) is 202 Å². The average molecular weight is 1180 g/mol. The zero-order valence-electron chi connectivity index (χ0n) is 54.8. The number of fused-ring (bicyclic) bond motifs is 10. The third-order valence-electron chi connectivity index (χ3n) is 14.5. The monoisotopic (exact) mass is 1180 g/mol. The standard InChI is InChI=1S/C70H65N4O.Pt/c1-44(2)36-45-30-32-61-57-25-15-13-23-55(57)54-22-12-14-24-56(54)60-28-19-27-53(46-37-48(69(6,7)8)39-49(38-46)70(9,10)11)66(60)73-43-72(65(45)67(61)73)50-20-18-21-51(41-50)75-52-31-33-59-58-26-16-17-29-62(58)74(63(59)42-52)64-40-47(34-35-71-64)68(3,4)5;/h12-35,37-40,43-44H,36H2,1-11H3;/q-3;/i6D3,7D3,8D3,36D2;. The SMILES string of the molecule is [2H]C([2H])(c1ccc2c3ccccc3c3ccccc3c3cccc(-c4cc(C(C)(C)C)cc(C(C([2H])([2H])[2H])(C([2H])([2H])[2H])C([2H])([2H])[2H])c4)c3n3c2c1N(c1[c-]c(Oc2[c-]c4c(cc2)c2ccccc2n4-c2cc(C(C)(C)C)ccn2)ccc1)[CH-]3)C(C)C.[Pt]. The van der Waals surface area contributed by atoms with Gasteiger partial charge >= 0.3 is 0 Å². The molecular formula is C70H65N4OPt-3. The van der Waals surface area contributed by atoms with Crippen molar-refractivity contribution in [3.63, 3.8) is 0 Å². The maximum absolute atomic E-state index is 9.93. The van der Waals surface area contributed by atoms with Gasteiger partial charge in [-0.3, -0.25) is 0 Å². The quantitative estimate of drug-likeness (QED) is 0.149. The van der Waals surface area contributed by atoms with Gasteiger partial charge in [0.05, 0.1) is 0 Å². The number of hydrogen-bond acceptors (Lipinski definition) is 3. The molecule has 0 fully saturated rings. The fourth-order valence-electron chi connectivity index (χ4n) is 10.8. The van der Waals surface area contributed by atoms with E-state index < -0.39 is 43.7 Å². The van der Waals surface area contributed by atoms with E-state index in [4.69, 9.17) is 22.1 Å². The zero-order valence-corrected chi connectivity index (χ0v) is 46.1. The summed E-state index contributed by atoms with van der Waals surface area (Å²) in [7, 11) is 0. The molecule has 5 nitrogen and oxygen atoms in total. The molecule has 0 N–H and O–H groups in total. The van der Waals surface area contributed by atoms with Crippen LogP contribution in [0.1, 0.15) is 113 Å². The van der Waals surface area contributed by atoms with Crippen molar-refractivity contribution in [2.24, 2.45) is 5.92 Å². The molecule has 384 valence electrons. The molecule has 0 saturated carbocycles. The van der Waals surface area contributed by atoms with Gasteiger partial charge in [-0.15, -0.1) is 35.7 Å². The molecule has 1 aliphatic rings. The molecule has 76 heavy (non-hydrogen) atoms. The first kappa shape index (κ1) is 39.1. The smallest absolute Gasteiger partial charge is 0.135 e. The summed E-state index contributed by atoms with van der Waals surface area (Å²) in [6.45, 7) is 7.35. The molecule has 0 radical (unpaired) electrons. The number of hydrogen-bond donors (Lipinski definition) is 0. The third-order valence-corrected chi connectivity index (χ3v) is 14.5. The number of benzene rings is 8. The summed E-state index contributed by atoms with van der Waals surface area (Å²) in [5.41, 5.74) is 2.49. The Labute approximate surface area is 478 Å². The molecule has 0 spiro atoms. The minimum absolute atomic E-state index is 0. The molecule has 6 heteroatoms. The van der Waals surface area contributed by atoms with Crippen molar-refractivity contribution in [2.75, 3.05) is 4.90 Å². The first-order chi connectivity index (χ1) is 40.4. The van der Waals surface area contributed by atoms with Crippen LogP contribution in [0.2, 0.25) is 0 Å². The normalized spacial score (nSPS) is 15.6. The topological polar surface area (TPSA) is 35.2 Å². The van der Waals surface area contributed by atoms with Gasteiger partial charge in [-0.2, -0.15) is 12.1 Å². The zero-order chi connectivity index (χ0) is 61.4. The van der Waals surface area contributed by atoms with E-state index in [1.807, 2.05) is 172 Å². The largest absolute Gasteiger partial charge is 0.509 e. The van der Waals surface area contributed by atoms with Crippen LogP contribution < -0.4 is 9.64 Å². The van der Waals surface area contributed by atoms with E-state index in [0.29, 0.717) is 56.2 Å². The minimum atomic E-state index is -3.52. The molecule has 0 saturated heterocycles. The number of nitrogens with zero attached hydrogens (tertiary/aromatic N) is 4. The first-order valence-electron chi connectivity index (χ1n) is 31.1. The number of rotatable bonds is 7. The van der Waals surface area contributed by atoms with Crippen LogP contribution in [0.3, 0.4) is 0 Å². The predicted molar refractivity (Wildman–Crippen MR) is 317 cm³/mol. The summed E-state index contributed by atoms with van der Waals surface area (Å²) in [5, 5.41) is 7.08. The second-order valence-corrected chi connectivity index (χ2v) is 22.2. The van der Waals surface area contributed by atoms with E-state index in [2.05, 4.69) is 73.9 Å². The number of anilines is 2. The first-order valence-corrected chi connectivity index (χ1v) is 25.6. The van der Waals surface area contributed by atoms with Gasteiger partial charge in [0.15, 0.2) is 0 Å². The molecular weight excluding hydrogens is 1110 g/mol. The Kier molecular flexibility index (Phi) is 9.80. The molecule has 3 aromatic heterocycles. The Bertz CT molecular complexity index is 4580. The maximum Gasteiger partial charge on any atom is 0.135 e. The molecule has 0 atom stereocenters. The molecule has 0 amide bonds. The molecule has 12 rings (SSSR count). The van der Waals surface area contributed by atoms with Gasteiger partial charge in [0, 0.05) is 65.0 Å². The fraction of sp³-hybridized carbons (Fsp3) is 0.229. The molecule has 0 unspecified atom stereocenters. The third kappa shape index (κ3) is 8.91. The Morgan fingerprint density at radius 1 is 0.579 bits per heavy atom. The number of pyridine rings is 1. The van der Waals surface area contributed by atoms with Gasteiger partial charge in [0.2, 0.25) is 0 Å². The summed E-state index contributed by atoms with van der Waals surface area (Å²) in [6, 6.07) is 59.7. The van der Waals surface area contributed by atoms with E-state index in [1.165, 1.54) is 12.1 Å². The van der Waals surface area contributed by atoms with Gasteiger partial charge < -0.3 is 18.8 Å². The van der Waals surface area contributed by atoms with E-state index >= 15 is 0 Å². The van der Waals surface area contributed by atoms with Crippen LogP contribution in [0.15, 0.2) is 170 Å². The summed E-state index contributed by atoms with van der Waals surface area (Å²) >= 11 is 0. The van der Waals surface area contributed by atoms with Crippen LogP contribution in [0.25, 0.3) is 82.1 Å². The Morgan fingerprint density at radius 2 is 1.17 bits per heavy atom. The summed E-state index contributed by atoms with van der Waals surface area (Å²) in [5.74, 6) is 1.05. The molecule has 1 aliphatic heterocycles. The molecule has 11 aromatic rings. The van der Waals surface area contributed by atoms with E-state index in [1.54, 1.807) is 0 Å². The Morgan fingerprint density at radius 3 is 1.84 bits per heavy atom. The van der Waals surface area contributed by atoms with Crippen molar-refractivity contribution in [1.29, 1.82) is 0 Å².